The maximum absolute atomic E-state index is 11.0. The van der Waals surface area contributed by atoms with Crippen LogP contribution in [0.1, 0.15) is 58.8 Å². The summed E-state index contributed by atoms with van der Waals surface area (Å²) in [5.74, 6) is -0.137. The first kappa shape index (κ1) is 13.4. The van der Waals surface area contributed by atoms with Crippen molar-refractivity contribution in [2.45, 2.75) is 58.8 Å². The minimum absolute atomic E-state index is 0.137. The number of carbonyl (C=O) groups is 1. The van der Waals surface area contributed by atoms with E-state index in [-0.39, 0.29) is 5.97 Å². The summed E-state index contributed by atoms with van der Waals surface area (Å²) in [6.45, 7) is 5.02. The molecule has 0 atom stereocenters. The van der Waals surface area contributed by atoms with Crippen molar-refractivity contribution in [1.82, 2.24) is 5.48 Å². The molecular formula is C11H23NO2. The van der Waals surface area contributed by atoms with E-state index in [9.17, 15) is 4.79 Å². The lowest BCUT2D eigenvalue weighted by molar-refractivity contribution is -0.151. The zero-order valence-corrected chi connectivity index (χ0v) is 9.47. The third-order valence-electron chi connectivity index (χ3n) is 2.05. The second kappa shape index (κ2) is 10.5. The second-order valence-corrected chi connectivity index (χ2v) is 3.53. The van der Waals surface area contributed by atoms with E-state index >= 15 is 0 Å². The van der Waals surface area contributed by atoms with Crippen LogP contribution in [0.25, 0.3) is 0 Å². The largest absolute Gasteiger partial charge is 0.371 e. The second-order valence-electron chi connectivity index (χ2n) is 3.53. The predicted octanol–water partition coefficient (Wildman–Crippen LogP) is 2.80. The van der Waals surface area contributed by atoms with Gasteiger partial charge in [0.05, 0.1) is 0 Å². The Morgan fingerprint density at radius 1 is 1.07 bits per heavy atom. The molecular weight excluding hydrogens is 178 g/mol. The van der Waals surface area contributed by atoms with Gasteiger partial charge in [-0.1, -0.05) is 39.5 Å². The standard InChI is InChI=1S/C11H23NO2/c1-3-5-7-8-10-12-14-11(13)9-6-4-2/h12H,3-10H2,1-2H3. The molecule has 0 radical (unpaired) electrons. The maximum Gasteiger partial charge on any atom is 0.324 e. The van der Waals surface area contributed by atoms with Crippen molar-refractivity contribution in [3.63, 3.8) is 0 Å². The SMILES string of the molecule is CCCCCCNOC(=O)CCCC. The monoisotopic (exact) mass is 201 g/mol. The topological polar surface area (TPSA) is 38.3 Å². The van der Waals surface area contributed by atoms with Crippen molar-refractivity contribution in [2.75, 3.05) is 6.54 Å². The lowest BCUT2D eigenvalue weighted by Crippen LogP contribution is -2.20. The summed E-state index contributed by atoms with van der Waals surface area (Å²) < 4.78 is 0. The van der Waals surface area contributed by atoms with E-state index in [0.717, 1.165) is 25.8 Å². The molecule has 0 amide bonds. The highest BCUT2D eigenvalue weighted by Gasteiger charge is 2.00. The molecule has 0 saturated heterocycles. The first-order valence-corrected chi connectivity index (χ1v) is 5.73. The van der Waals surface area contributed by atoms with Gasteiger partial charge in [-0.15, -0.1) is 0 Å². The van der Waals surface area contributed by atoms with E-state index in [1.165, 1.54) is 19.3 Å². The van der Waals surface area contributed by atoms with Crippen molar-refractivity contribution in [1.29, 1.82) is 0 Å². The molecule has 0 heterocycles. The Balaban J connectivity index is 3.07. The summed E-state index contributed by atoms with van der Waals surface area (Å²) in [4.78, 5) is 15.8. The molecule has 0 aromatic heterocycles. The van der Waals surface area contributed by atoms with Gasteiger partial charge in [0, 0.05) is 13.0 Å². The summed E-state index contributed by atoms with van der Waals surface area (Å²) in [6, 6.07) is 0. The van der Waals surface area contributed by atoms with Gasteiger partial charge in [0.15, 0.2) is 0 Å². The van der Waals surface area contributed by atoms with Gasteiger partial charge in [0.1, 0.15) is 0 Å². The number of hydrogen-bond donors (Lipinski definition) is 1. The van der Waals surface area contributed by atoms with E-state index in [0.29, 0.717) is 6.42 Å². The van der Waals surface area contributed by atoms with Gasteiger partial charge in [0.25, 0.3) is 0 Å². The fourth-order valence-electron chi connectivity index (χ4n) is 1.13. The molecule has 3 nitrogen and oxygen atoms in total. The summed E-state index contributed by atoms with van der Waals surface area (Å²) in [5.41, 5.74) is 2.70. The molecule has 0 saturated carbocycles. The van der Waals surface area contributed by atoms with Gasteiger partial charge < -0.3 is 4.84 Å². The fourth-order valence-corrected chi connectivity index (χ4v) is 1.13. The molecule has 0 aromatic carbocycles. The zero-order valence-electron chi connectivity index (χ0n) is 9.47. The third kappa shape index (κ3) is 9.52. The van der Waals surface area contributed by atoms with Crippen LogP contribution in [0.2, 0.25) is 0 Å². The average molecular weight is 201 g/mol. The predicted molar refractivity (Wildman–Crippen MR) is 57.8 cm³/mol. The molecule has 0 aliphatic carbocycles. The van der Waals surface area contributed by atoms with Crippen LogP contribution in [-0.2, 0) is 9.63 Å². The Labute approximate surface area is 87.2 Å². The number of carbonyl (C=O) groups excluding carboxylic acids is 1. The Morgan fingerprint density at radius 3 is 2.43 bits per heavy atom. The lowest BCUT2D eigenvalue weighted by Gasteiger charge is -2.04. The lowest BCUT2D eigenvalue weighted by atomic mass is 10.2. The van der Waals surface area contributed by atoms with Crippen LogP contribution in [0.15, 0.2) is 0 Å². The highest BCUT2D eigenvalue weighted by atomic mass is 16.7. The van der Waals surface area contributed by atoms with Gasteiger partial charge >= 0.3 is 5.97 Å². The van der Waals surface area contributed by atoms with E-state index in [1.54, 1.807) is 0 Å². The molecule has 0 aromatic rings. The van der Waals surface area contributed by atoms with Crippen molar-refractivity contribution in [3.8, 4) is 0 Å². The minimum Gasteiger partial charge on any atom is -0.371 e. The van der Waals surface area contributed by atoms with E-state index in [2.05, 4.69) is 19.3 Å². The smallest absolute Gasteiger partial charge is 0.324 e. The van der Waals surface area contributed by atoms with Gasteiger partial charge in [-0.3, -0.25) is 4.79 Å². The molecule has 14 heavy (non-hydrogen) atoms. The average Bonchev–Trinajstić information content (AvgIpc) is 2.20. The summed E-state index contributed by atoms with van der Waals surface area (Å²) in [5, 5.41) is 0. The van der Waals surface area contributed by atoms with Crippen LogP contribution in [0.4, 0.5) is 0 Å². The van der Waals surface area contributed by atoms with Gasteiger partial charge in [-0.25, -0.2) is 0 Å². The molecule has 0 spiro atoms. The Morgan fingerprint density at radius 2 is 1.79 bits per heavy atom. The van der Waals surface area contributed by atoms with Crippen LogP contribution in [0, 0.1) is 0 Å². The normalized spacial score (nSPS) is 10.1. The van der Waals surface area contributed by atoms with Crippen molar-refractivity contribution in [2.24, 2.45) is 0 Å². The van der Waals surface area contributed by atoms with Crippen LogP contribution >= 0.6 is 0 Å². The van der Waals surface area contributed by atoms with Crippen LogP contribution < -0.4 is 5.48 Å². The minimum atomic E-state index is -0.137. The number of hydroxylamine groups is 1. The summed E-state index contributed by atoms with van der Waals surface area (Å²) >= 11 is 0. The number of rotatable bonds is 9. The third-order valence-corrected chi connectivity index (χ3v) is 2.05. The fraction of sp³-hybridized carbons (Fsp3) is 0.909. The summed E-state index contributed by atoms with van der Waals surface area (Å²) in [7, 11) is 0. The molecule has 84 valence electrons. The van der Waals surface area contributed by atoms with Gasteiger partial charge in [0.2, 0.25) is 0 Å². The molecule has 0 bridgehead atoms. The van der Waals surface area contributed by atoms with Crippen molar-refractivity contribution < 1.29 is 9.63 Å². The molecule has 1 N–H and O–H groups in total. The van der Waals surface area contributed by atoms with Crippen molar-refractivity contribution in [3.05, 3.63) is 0 Å². The highest BCUT2D eigenvalue weighted by Crippen LogP contribution is 1.98. The van der Waals surface area contributed by atoms with E-state index < -0.39 is 0 Å². The number of unbranched alkanes of at least 4 members (excludes halogenated alkanes) is 4. The molecule has 0 fully saturated rings. The molecule has 0 unspecified atom stereocenters. The van der Waals surface area contributed by atoms with E-state index in [4.69, 9.17) is 4.84 Å². The zero-order chi connectivity index (χ0) is 10.6. The molecule has 0 rings (SSSR count). The van der Waals surface area contributed by atoms with E-state index in [1.807, 2.05) is 0 Å². The Bertz CT molecular complexity index is 137. The van der Waals surface area contributed by atoms with Crippen molar-refractivity contribution >= 4 is 5.97 Å². The quantitative estimate of drug-likeness (QED) is 0.460. The number of nitrogens with one attached hydrogen (secondary N) is 1. The van der Waals surface area contributed by atoms with Gasteiger partial charge in [-0.05, 0) is 12.8 Å². The first-order chi connectivity index (χ1) is 6.81. The van der Waals surface area contributed by atoms with Crippen LogP contribution in [-0.4, -0.2) is 12.5 Å². The summed E-state index contributed by atoms with van der Waals surface area (Å²) in [6.07, 6.45) is 7.24. The highest BCUT2D eigenvalue weighted by molar-refractivity contribution is 5.68. The van der Waals surface area contributed by atoms with Gasteiger partial charge in [-0.2, -0.15) is 5.48 Å². The number of hydrogen-bond acceptors (Lipinski definition) is 3. The first-order valence-electron chi connectivity index (χ1n) is 5.73. The van der Waals surface area contributed by atoms with Crippen LogP contribution in [0.5, 0.6) is 0 Å². The maximum atomic E-state index is 11.0. The molecule has 0 aliphatic rings. The molecule has 3 heteroatoms. The molecule has 0 aliphatic heterocycles. The van der Waals surface area contributed by atoms with Crippen LogP contribution in [0.3, 0.4) is 0 Å². The Hall–Kier alpha value is -0.570. The Kier molecular flexibility index (Phi) is 10.1.